The van der Waals surface area contributed by atoms with Crippen LogP contribution in [0.15, 0.2) is 78.9 Å². The number of nitrogens with zero attached hydrogens (tertiary/aromatic N) is 1. The molecular weight excluding hydrogens is 334 g/mol. The zero-order chi connectivity index (χ0) is 18.8. The molecule has 0 saturated carbocycles. The highest BCUT2D eigenvalue weighted by Crippen LogP contribution is 2.37. The van der Waals surface area contributed by atoms with E-state index in [1.54, 1.807) is 0 Å². The highest BCUT2D eigenvalue weighted by atomic mass is 16.4. The molecule has 1 heterocycles. The highest BCUT2D eigenvalue weighted by Gasteiger charge is 2.19. The van der Waals surface area contributed by atoms with Crippen LogP contribution >= 0.6 is 0 Å². The van der Waals surface area contributed by atoms with E-state index in [9.17, 15) is 9.90 Å². The minimum Gasteiger partial charge on any atom is -0.481 e. The Morgan fingerprint density at radius 1 is 0.852 bits per heavy atom. The number of carboxylic acid groups (broad SMARTS) is 1. The molecule has 3 heteroatoms. The average molecular weight is 353 g/mol. The Morgan fingerprint density at radius 2 is 1.52 bits per heavy atom. The molecule has 4 aromatic rings. The van der Waals surface area contributed by atoms with Gasteiger partial charge in [-0.05, 0) is 29.7 Å². The Balaban J connectivity index is 2.11. The van der Waals surface area contributed by atoms with Crippen LogP contribution in [0, 0.1) is 6.92 Å². The molecule has 0 aliphatic carbocycles. The van der Waals surface area contributed by atoms with Crippen molar-refractivity contribution in [2.45, 2.75) is 13.3 Å². The number of carboxylic acids is 1. The van der Waals surface area contributed by atoms with Gasteiger partial charge in [-0.25, -0.2) is 4.98 Å². The van der Waals surface area contributed by atoms with Gasteiger partial charge >= 0.3 is 5.97 Å². The van der Waals surface area contributed by atoms with Crippen LogP contribution in [0.1, 0.15) is 11.1 Å². The van der Waals surface area contributed by atoms with Gasteiger partial charge in [-0.2, -0.15) is 0 Å². The van der Waals surface area contributed by atoms with E-state index in [0.29, 0.717) is 0 Å². The van der Waals surface area contributed by atoms with Crippen LogP contribution in [0.2, 0.25) is 0 Å². The Labute approximate surface area is 157 Å². The number of benzene rings is 3. The fraction of sp³-hybridized carbons (Fsp3) is 0.0833. The van der Waals surface area contributed by atoms with Gasteiger partial charge in [-0.3, -0.25) is 4.79 Å². The second-order valence-electron chi connectivity index (χ2n) is 6.63. The Kier molecular flexibility index (Phi) is 4.43. The highest BCUT2D eigenvalue weighted by molar-refractivity contribution is 6.00. The number of aryl methyl sites for hydroxylation is 1. The summed E-state index contributed by atoms with van der Waals surface area (Å²) < 4.78 is 0. The summed E-state index contributed by atoms with van der Waals surface area (Å²) >= 11 is 0. The van der Waals surface area contributed by atoms with E-state index < -0.39 is 5.97 Å². The van der Waals surface area contributed by atoms with E-state index >= 15 is 0 Å². The molecule has 0 amide bonds. The number of aliphatic carboxylic acids is 1. The van der Waals surface area contributed by atoms with Crippen molar-refractivity contribution >= 4 is 16.9 Å². The molecule has 1 N–H and O–H groups in total. The lowest BCUT2D eigenvalue weighted by molar-refractivity contribution is -0.136. The summed E-state index contributed by atoms with van der Waals surface area (Å²) in [5.41, 5.74) is 6.37. The van der Waals surface area contributed by atoms with Crippen molar-refractivity contribution in [3.8, 4) is 22.4 Å². The van der Waals surface area contributed by atoms with Gasteiger partial charge in [0.1, 0.15) is 0 Å². The molecule has 1 aromatic heterocycles. The third-order valence-electron chi connectivity index (χ3n) is 4.71. The van der Waals surface area contributed by atoms with Crippen LogP contribution in [0.3, 0.4) is 0 Å². The monoisotopic (exact) mass is 353 g/mol. The number of hydrogen-bond donors (Lipinski definition) is 1. The molecule has 0 fully saturated rings. The Bertz CT molecular complexity index is 1120. The molecule has 0 unspecified atom stereocenters. The smallest absolute Gasteiger partial charge is 0.307 e. The van der Waals surface area contributed by atoms with Crippen molar-refractivity contribution in [3.63, 3.8) is 0 Å². The molecule has 0 radical (unpaired) electrons. The fourth-order valence-corrected chi connectivity index (χ4v) is 3.46. The number of para-hydroxylation sites is 1. The van der Waals surface area contributed by atoms with Gasteiger partial charge in [-0.1, -0.05) is 78.4 Å². The Hall–Kier alpha value is -3.46. The summed E-state index contributed by atoms with van der Waals surface area (Å²) in [5, 5.41) is 10.6. The van der Waals surface area contributed by atoms with E-state index in [4.69, 9.17) is 4.98 Å². The lowest BCUT2D eigenvalue weighted by atomic mass is 9.90. The number of pyridine rings is 1. The number of fused-ring (bicyclic) bond motifs is 1. The van der Waals surface area contributed by atoms with Crippen LogP contribution in [0.25, 0.3) is 33.3 Å². The number of hydrogen-bond acceptors (Lipinski definition) is 2. The summed E-state index contributed by atoms with van der Waals surface area (Å²) in [6.07, 6.45) is -0.0781. The lowest BCUT2D eigenvalue weighted by Crippen LogP contribution is -2.06. The quantitative estimate of drug-likeness (QED) is 0.527. The summed E-state index contributed by atoms with van der Waals surface area (Å²) in [5.74, 6) is -0.863. The van der Waals surface area contributed by atoms with Gasteiger partial charge in [0.2, 0.25) is 0 Å². The molecule has 4 rings (SSSR count). The standard InChI is InChI=1S/C24H19NO2/c1-16-11-13-18(14-12-16)24-20(15-22(26)27)23(17-7-3-2-4-8-17)19-9-5-6-10-21(19)25-24/h2-14H,15H2,1H3,(H,26,27). The van der Waals surface area contributed by atoms with Gasteiger partial charge < -0.3 is 5.11 Å². The van der Waals surface area contributed by atoms with Gasteiger partial charge in [-0.15, -0.1) is 0 Å². The second kappa shape index (κ2) is 7.04. The van der Waals surface area contributed by atoms with Crippen molar-refractivity contribution in [1.29, 1.82) is 0 Å². The first-order valence-corrected chi connectivity index (χ1v) is 8.89. The van der Waals surface area contributed by atoms with Crippen LogP contribution in [-0.2, 0) is 11.2 Å². The normalized spacial score (nSPS) is 10.9. The molecule has 0 aliphatic heterocycles. The summed E-state index contributed by atoms with van der Waals surface area (Å²) in [6.45, 7) is 2.03. The summed E-state index contributed by atoms with van der Waals surface area (Å²) in [4.78, 5) is 16.5. The fourth-order valence-electron chi connectivity index (χ4n) is 3.46. The second-order valence-corrected chi connectivity index (χ2v) is 6.63. The minimum absolute atomic E-state index is 0.0781. The van der Waals surface area contributed by atoms with Crippen LogP contribution in [0.4, 0.5) is 0 Å². The van der Waals surface area contributed by atoms with E-state index in [-0.39, 0.29) is 6.42 Å². The van der Waals surface area contributed by atoms with Crippen molar-refractivity contribution in [2.24, 2.45) is 0 Å². The maximum absolute atomic E-state index is 11.7. The third-order valence-corrected chi connectivity index (χ3v) is 4.71. The predicted molar refractivity (Wildman–Crippen MR) is 109 cm³/mol. The first-order valence-electron chi connectivity index (χ1n) is 8.89. The molecule has 3 nitrogen and oxygen atoms in total. The van der Waals surface area contributed by atoms with Gasteiger partial charge in [0.05, 0.1) is 17.6 Å². The Morgan fingerprint density at radius 3 is 2.22 bits per heavy atom. The third kappa shape index (κ3) is 3.32. The molecule has 0 atom stereocenters. The number of carbonyl (C=O) groups is 1. The van der Waals surface area contributed by atoms with E-state index in [1.165, 1.54) is 0 Å². The summed E-state index contributed by atoms with van der Waals surface area (Å²) in [7, 11) is 0. The van der Waals surface area contributed by atoms with Crippen molar-refractivity contribution in [2.75, 3.05) is 0 Å². The molecule has 0 bridgehead atoms. The largest absolute Gasteiger partial charge is 0.481 e. The maximum Gasteiger partial charge on any atom is 0.307 e. The van der Waals surface area contributed by atoms with Crippen molar-refractivity contribution < 1.29 is 9.90 Å². The number of aromatic nitrogens is 1. The zero-order valence-electron chi connectivity index (χ0n) is 15.0. The first-order chi connectivity index (χ1) is 13.1. The summed E-state index contributed by atoms with van der Waals surface area (Å²) in [6, 6.07) is 25.9. The van der Waals surface area contributed by atoms with E-state index in [2.05, 4.69) is 0 Å². The van der Waals surface area contributed by atoms with Crippen molar-refractivity contribution in [1.82, 2.24) is 4.98 Å². The first kappa shape index (κ1) is 17.0. The van der Waals surface area contributed by atoms with Gasteiger partial charge in [0.15, 0.2) is 0 Å². The molecule has 0 aliphatic rings. The SMILES string of the molecule is Cc1ccc(-c2nc3ccccc3c(-c3ccccc3)c2CC(=O)O)cc1. The zero-order valence-corrected chi connectivity index (χ0v) is 15.0. The molecule has 3 aromatic carbocycles. The molecule has 0 saturated heterocycles. The van der Waals surface area contributed by atoms with E-state index in [0.717, 1.165) is 44.4 Å². The maximum atomic E-state index is 11.7. The lowest BCUT2D eigenvalue weighted by Gasteiger charge is -2.17. The number of rotatable bonds is 4. The van der Waals surface area contributed by atoms with Crippen LogP contribution in [0.5, 0.6) is 0 Å². The van der Waals surface area contributed by atoms with Crippen LogP contribution < -0.4 is 0 Å². The molecule has 132 valence electrons. The molecular formula is C24H19NO2. The predicted octanol–water partition coefficient (Wildman–Crippen LogP) is 5.50. The van der Waals surface area contributed by atoms with Gasteiger partial charge in [0.25, 0.3) is 0 Å². The minimum atomic E-state index is -0.863. The molecule has 27 heavy (non-hydrogen) atoms. The van der Waals surface area contributed by atoms with Gasteiger partial charge in [0, 0.05) is 10.9 Å². The van der Waals surface area contributed by atoms with Crippen molar-refractivity contribution in [3.05, 3.63) is 90.0 Å². The topological polar surface area (TPSA) is 50.2 Å². The molecule has 0 spiro atoms. The van der Waals surface area contributed by atoms with E-state index in [1.807, 2.05) is 85.8 Å². The van der Waals surface area contributed by atoms with Crippen LogP contribution in [-0.4, -0.2) is 16.1 Å². The average Bonchev–Trinajstić information content (AvgIpc) is 2.68.